The van der Waals surface area contributed by atoms with Gasteiger partial charge in [-0.05, 0) is 69.9 Å². The van der Waals surface area contributed by atoms with Crippen LogP contribution in [0.25, 0.3) is 0 Å². The second-order valence-electron chi connectivity index (χ2n) is 7.01. The van der Waals surface area contributed by atoms with E-state index in [1.165, 1.54) is 38.6 Å². The summed E-state index contributed by atoms with van der Waals surface area (Å²) in [7, 11) is 0. The van der Waals surface area contributed by atoms with Crippen molar-refractivity contribution in [3.8, 4) is 0 Å². The average Bonchev–Trinajstić information content (AvgIpc) is 2.50. The number of nitrogens with zero attached hydrogens (tertiary/aromatic N) is 1. The van der Waals surface area contributed by atoms with E-state index >= 15 is 0 Å². The molecule has 0 spiro atoms. The number of nitrogens with two attached hydrogens (primary N) is 1. The lowest BCUT2D eigenvalue weighted by Gasteiger charge is -2.33. The maximum Gasteiger partial charge on any atom is 0.220 e. The minimum atomic E-state index is 0.278. The number of carbonyl (C=O) groups excluding carboxylic acids is 1. The molecule has 0 aromatic heterocycles. The van der Waals surface area contributed by atoms with Crippen molar-refractivity contribution in [2.24, 2.45) is 17.6 Å². The van der Waals surface area contributed by atoms with Crippen LogP contribution in [0.4, 0.5) is 0 Å². The molecule has 0 aromatic carbocycles. The van der Waals surface area contributed by atoms with Crippen LogP contribution < -0.4 is 11.1 Å². The lowest BCUT2D eigenvalue weighted by molar-refractivity contribution is -0.123. The van der Waals surface area contributed by atoms with E-state index in [-0.39, 0.29) is 5.91 Å². The highest BCUT2D eigenvalue weighted by molar-refractivity contribution is 5.76. The van der Waals surface area contributed by atoms with Crippen molar-refractivity contribution in [3.05, 3.63) is 0 Å². The zero-order valence-corrected chi connectivity index (χ0v) is 13.7. The molecule has 1 aliphatic heterocycles. The molecule has 1 amide bonds. The molecule has 1 saturated carbocycles. The van der Waals surface area contributed by atoms with Crippen LogP contribution in [-0.4, -0.2) is 43.0 Å². The fourth-order valence-corrected chi connectivity index (χ4v) is 3.84. The maximum atomic E-state index is 12.2. The minimum Gasteiger partial charge on any atom is -0.353 e. The Balaban J connectivity index is 1.62. The van der Waals surface area contributed by atoms with Crippen LogP contribution in [0.1, 0.15) is 58.3 Å². The summed E-state index contributed by atoms with van der Waals surface area (Å²) in [5, 5.41) is 3.26. The van der Waals surface area contributed by atoms with Gasteiger partial charge in [-0.15, -0.1) is 0 Å². The molecule has 1 aliphatic carbocycles. The second kappa shape index (κ2) is 8.74. The van der Waals surface area contributed by atoms with Crippen LogP contribution in [0.15, 0.2) is 0 Å². The summed E-state index contributed by atoms with van der Waals surface area (Å²) < 4.78 is 0. The predicted molar refractivity (Wildman–Crippen MR) is 87.0 cm³/mol. The molecule has 2 fully saturated rings. The summed E-state index contributed by atoms with van der Waals surface area (Å²) >= 11 is 0. The van der Waals surface area contributed by atoms with Gasteiger partial charge < -0.3 is 16.0 Å². The third kappa shape index (κ3) is 5.59. The number of nitrogens with one attached hydrogen (secondary N) is 1. The van der Waals surface area contributed by atoms with Crippen LogP contribution in [0.2, 0.25) is 0 Å². The van der Waals surface area contributed by atoms with E-state index < -0.39 is 0 Å². The SMILES string of the molecule is CCCN1CCC(NC(=O)CC2CCC(CN)CC2)CC1. The lowest BCUT2D eigenvalue weighted by Crippen LogP contribution is -2.45. The van der Waals surface area contributed by atoms with Gasteiger partial charge in [-0.25, -0.2) is 0 Å². The minimum absolute atomic E-state index is 0.278. The molecule has 0 atom stereocenters. The molecular weight excluding hydrogens is 262 g/mol. The van der Waals surface area contributed by atoms with E-state index in [2.05, 4.69) is 17.1 Å². The van der Waals surface area contributed by atoms with Crippen molar-refractivity contribution >= 4 is 5.91 Å². The van der Waals surface area contributed by atoms with Gasteiger partial charge in [0.2, 0.25) is 5.91 Å². The first-order chi connectivity index (χ1) is 10.2. The normalized spacial score (nSPS) is 28.5. The van der Waals surface area contributed by atoms with Gasteiger partial charge in [0.15, 0.2) is 0 Å². The molecule has 0 bridgehead atoms. The van der Waals surface area contributed by atoms with Crippen LogP contribution in [-0.2, 0) is 4.79 Å². The number of likely N-dealkylation sites (tertiary alicyclic amines) is 1. The summed E-state index contributed by atoms with van der Waals surface area (Å²) in [6, 6.07) is 0.408. The molecule has 2 aliphatic rings. The summed E-state index contributed by atoms with van der Waals surface area (Å²) in [6.45, 7) is 6.52. The van der Waals surface area contributed by atoms with Crippen LogP contribution in [0.3, 0.4) is 0 Å². The first kappa shape index (κ1) is 16.8. The van der Waals surface area contributed by atoms with Gasteiger partial charge in [0, 0.05) is 25.6 Å². The van der Waals surface area contributed by atoms with Gasteiger partial charge in [0.05, 0.1) is 0 Å². The monoisotopic (exact) mass is 295 g/mol. The van der Waals surface area contributed by atoms with Gasteiger partial charge >= 0.3 is 0 Å². The molecule has 122 valence electrons. The zero-order chi connectivity index (χ0) is 15.1. The van der Waals surface area contributed by atoms with E-state index in [1.54, 1.807) is 0 Å². The fraction of sp³-hybridized carbons (Fsp3) is 0.941. The Hall–Kier alpha value is -0.610. The molecule has 3 N–H and O–H groups in total. The van der Waals surface area contributed by atoms with Gasteiger partial charge in [0.25, 0.3) is 0 Å². The Morgan fingerprint density at radius 1 is 1.10 bits per heavy atom. The second-order valence-corrected chi connectivity index (χ2v) is 7.01. The van der Waals surface area contributed by atoms with E-state index in [0.29, 0.717) is 17.9 Å². The van der Waals surface area contributed by atoms with E-state index in [9.17, 15) is 4.79 Å². The van der Waals surface area contributed by atoms with Crippen LogP contribution in [0.5, 0.6) is 0 Å². The summed E-state index contributed by atoms with van der Waals surface area (Å²) in [4.78, 5) is 14.7. The number of piperidine rings is 1. The van der Waals surface area contributed by atoms with Gasteiger partial charge in [-0.2, -0.15) is 0 Å². The highest BCUT2D eigenvalue weighted by Crippen LogP contribution is 2.30. The van der Waals surface area contributed by atoms with Gasteiger partial charge in [-0.1, -0.05) is 6.92 Å². The van der Waals surface area contributed by atoms with Crippen molar-refractivity contribution < 1.29 is 4.79 Å². The molecule has 0 aromatic rings. The van der Waals surface area contributed by atoms with E-state index in [4.69, 9.17) is 5.73 Å². The summed E-state index contributed by atoms with van der Waals surface area (Å²) in [6.07, 6.45) is 8.98. The number of rotatable bonds is 6. The van der Waals surface area contributed by atoms with E-state index in [1.807, 2.05) is 0 Å². The standard InChI is InChI=1S/C17H33N3O/c1-2-9-20-10-7-16(8-11-20)19-17(21)12-14-3-5-15(13-18)6-4-14/h14-16H,2-13,18H2,1H3,(H,19,21). The van der Waals surface area contributed by atoms with E-state index in [0.717, 1.165) is 38.9 Å². The third-order valence-corrected chi connectivity index (χ3v) is 5.27. The maximum absolute atomic E-state index is 12.2. The Morgan fingerprint density at radius 2 is 1.71 bits per heavy atom. The fourth-order valence-electron chi connectivity index (χ4n) is 3.84. The molecule has 2 rings (SSSR count). The Kier molecular flexibility index (Phi) is 6.97. The smallest absolute Gasteiger partial charge is 0.220 e. The zero-order valence-electron chi connectivity index (χ0n) is 13.7. The number of hydrogen-bond acceptors (Lipinski definition) is 3. The molecule has 4 nitrogen and oxygen atoms in total. The summed E-state index contributed by atoms with van der Waals surface area (Å²) in [5.41, 5.74) is 5.72. The van der Waals surface area contributed by atoms with Crippen molar-refractivity contribution in [2.75, 3.05) is 26.2 Å². The van der Waals surface area contributed by atoms with Crippen LogP contribution >= 0.6 is 0 Å². The number of carbonyl (C=O) groups is 1. The number of amides is 1. The quantitative estimate of drug-likeness (QED) is 0.789. The highest BCUT2D eigenvalue weighted by Gasteiger charge is 2.24. The van der Waals surface area contributed by atoms with Crippen molar-refractivity contribution in [2.45, 2.75) is 64.3 Å². The average molecular weight is 295 g/mol. The van der Waals surface area contributed by atoms with Gasteiger partial charge in [0.1, 0.15) is 0 Å². The molecule has 4 heteroatoms. The number of hydrogen-bond donors (Lipinski definition) is 2. The Labute approximate surface area is 129 Å². The first-order valence-electron chi connectivity index (χ1n) is 8.93. The largest absolute Gasteiger partial charge is 0.353 e. The van der Waals surface area contributed by atoms with Gasteiger partial charge in [-0.3, -0.25) is 4.79 Å². The van der Waals surface area contributed by atoms with Crippen LogP contribution in [0, 0.1) is 11.8 Å². The molecule has 1 heterocycles. The Bertz CT molecular complexity index is 305. The topological polar surface area (TPSA) is 58.4 Å². The molecule has 1 saturated heterocycles. The first-order valence-corrected chi connectivity index (χ1v) is 8.93. The lowest BCUT2D eigenvalue weighted by atomic mass is 9.80. The molecular formula is C17H33N3O. The van der Waals surface area contributed by atoms with Crippen molar-refractivity contribution in [1.29, 1.82) is 0 Å². The molecule has 0 unspecified atom stereocenters. The predicted octanol–water partition coefficient (Wildman–Crippen LogP) is 2.13. The van der Waals surface area contributed by atoms with Crippen molar-refractivity contribution in [1.82, 2.24) is 10.2 Å². The van der Waals surface area contributed by atoms with Crippen molar-refractivity contribution in [3.63, 3.8) is 0 Å². The summed E-state index contributed by atoms with van der Waals surface area (Å²) in [5.74, 6) is 1.57. The highest BCUT2D eigenvalue weighted by atomic mass is 16.1. The Morgan fingerprint density at radius 3 is 2.29 bits per heavy atom. The molecule has 0 radical (unpaired) electrons. The third-order valence-electron chi connectivity index (χ3n) is 5.27. The molecule has 21 heavy (non-hydrogen) atoms.